The summed E-state index contributed by atoms with van der Waals surface area (Å²) in [5, 5.41) is 11.4. The van der Waals surface area contributed by atoms with Gasteiger partial charge in [-0.1, -0.05) is 96.2 Å². The van der Waals surface area contributed by atoms with Gasteiger partial charge in [0.15, 0.2) is 0 Å². The van der Waals surface area contributed by atoms with Crippen molar-refractivity contribution in [1.82, 2.24) is 0 Å². The minimum Gasteiger partial charge on any atom is -0.485 e. The monoisotopic (exact) mass is 702 g/mol. The third-order valence-corrected chi connectivity index (χ3v) is 10.3. The van der Waals surface area contributed by atoms with Crippen LogP contribution in [0.15, 0.2) is 36.4 Å². The number of ether oxygens (including phenoxy) is 6. The van der Waals surface area contributed by atoms with Crippen molar-refractivity contribution in [2.24, 2.45) is 0 Å². The zero-order chi connectivity index (χ0) is 35.3. The minimum absolute atomic E-state index is 0.197. The maximum absolute atomic E-state index is 10.8. The van der Waals surface area contributed by atoms with E-state index in [2.05, 4.69) is 65.0 Å². The van der Waals surface area contributed by atoms with Crippen LogP contribution in [-0.2, 0) is 42.1 Å². The van der Waals surface area contributed by atoms with Crippen LogP contribution in [0, 0.1) is 0 Å². The third kappa shape index (κ3) is 10.2. The van der Waals surface area contributed by atoms with Gasteiger partial charge in [0.1, 0.15) is 41.4 Å². The van der Waals surface area contributed by atoms with Crippen LogP contribution in [0.3, 0.4) is 0 Å². The number of hydrogen-bond donors (Lipinski definition) is 1. The zero-order valence-electron chi connectivity index (χ0n) is 31.1. The van der Waals surface area contributed by atoms with Crippen LogP contribution in [0.2, 0.25) is 5.02 Å². The molecule has 0 aromatic heterocycles. The molecule has 2 aliphatic heterocycles. The highest BCUT2D eigenvalue weighted by molar-refractivity contribution is 6.31. The molecule has 0 bridgehead atoms. The number of halogens is 1. The lowest BCUT2D eigenvalue weighted by atomic mass is 9.71. The highest BCUT2D eigenvalue weighted by atomic mass is 35.5. The Bertz CT molecular complexity index is 1260. The van der Waals surface area contributed by atoms with Crippen LogP contribution in [-0.4, -0.2) is 74.8 Å². The van der Waals surface area contributed by atoms with E-state index in [9.17, 15) is 5.11 Å². The van der Waals surface area contributed by atoms with Gasteiger partial charge in [-0.2, -0.15) is 0 Å². The number of unbranched alkanes of at least 4 members (excludes halogenated alkanes) is 4. The summed E-state index contributed by atoms with van der Waals surface area (Å²) in [6.07, 6.45) is 8.07. The summed E-state index contributed by atoms with van der Waals surface area (Å²) in [4.78, 5) is 0. The van der Waals surface area contributed by atoms with Gasteiger partial charge in [0.25, 0.3) is 0 Å². The topological polar surface area (TPSA) is 75.6 Å². The predicted molar refractivity (Wildman–Crippen MR) is 197 cm³/mol. The fraction of sp³-hybridized carbons (Fsp3) is 0.707. The number of rotatable bonds is 21. The number of fused-ring (bicyclic) bond motifs is 2. The maximum atomic E-state index is 10.8. The van der Waals surface area contributed by atoms with Crippen LogP contribution < -0.4 is 4.74 Å². The Kier molecular flexibility index (Phi) is 16.2. The fourth-order valence-electron chi connectivity index (χ4n) is 6.99. The standard InChI is InChI=1S/C41H63ClO7/c1-7-12-20-44-27-36-37(45-21-13-8-2)38(46-22-14-9-3)39(47-23-15-10-4)41(49-36)28-40(6,29-43)48-35-26-34(42)32(25-33(35)41)24-31-18-16-30(11-5)17-19-31/h16-19,25-26,36-39,43H,7-15,20-24,27-29H2,1-6H3/t36-,37-,38+,39-,40?,41+/m1/s1. The number of benzene rings is 2. The van der Waals surface area contributed by atoms with Crippen molar-refractivity contribution >= 4 is 11.6 Å². The lowest BCUT2D eigenvalue weighted by Crippen LogP contribution is -2.68. The summed E-state index contributed by atoms with van der Waals surface area (Å²) in [6, 6.07) is 12.8. The third-order valence-electron chi connectivity index (χ3n) is 9.90. The first-order valence-electron chi connectivity index (χ1n) is 19.1. The van der Waals surface area contributed by atoms with E-state index < -0.39 is 35.6 Å². The van der Waals surface area contributed by atoms with E-state index in [0.717, 1.165) is 68.9 Å². The highest BCUT2D eigenvalue weighted by Crippen LogP contribution is 2.54. The van der Waals surface area contributed by atoms with Gasteiger partial charge >= 0.3 is 0 Å². The number of aliphatic hydroxyl groups excluding tert-OH is 1. The van der Waals surface area contributed by atoms with E-state index in [1.54, 1.807) is 0 Å². The molecule has 49 heavy (non-hydrogen) atoms. The van der Waals surface area contributed by atoms with E-state index in [4.69, 9.17) is 40.0 Å². The summed E-state index contributed by atoms with van der Waals surface area (Å²) < 4.78 is 40.9. The molecule has 4 rings (SSSR count). The Balaban J connectivity index is 1.88. The molecule has 8 heteroatoms. The molecule has 6 atom stereocenters. The van der Waals surface area contributed by atoms with Gasteiger partial charge in [-0.25, -0.2) is 0 Å². The summed E-state index contributed by atoms with van der Waals surface area (Å²) in [5.74, 6) is 0.602. The summed E-state index contributed by atoms with van der Waals surface area (Å²) >= 11 is 7.03. The van der Waals surface area contributed by atoms with Gasteiger partial charge in [0, 0.05) is 43.4 Å². The minimum atomic E-state index is -1.02. The fourth-order valence-corrected chi connectivity index (χ4v) is 7.21. The second-order valence-corrected chi connectivity index (χ2v) is 14.6. The van der Waals surface area contributed by atoms with Crippen molar-refractivity contribution in [3.63, 3.8) is 0 Å². The molecule has 1 spiro atoms. The average Bonchev–Trinajstić information content (AvgIpc) is 3.10. The van der Waals surface area contributed by atoms with E-state index >= 15 is 0 Å². The molecule has 2 aliphatic rings. The van der Waals surface area contributed by atoms with Crippen molar-refractivity contribution in [2.75, 3.05) is 39.6 Å². The molecule has 2 heterocycles. The zero-order valence-corrected chi connectivity index (χ0v) is 31.8. The molecule has 2 aromatic carbocycles. The normalized spacial score (nSPS) is 26.5. The second-order valence-electron chi connectivity index (χ2n) is 14.2. The molecule has 0 radical (unpaired) electrons. The molecule has 1 saturated heterocycles. The molecule has 0 aliphatic carbocycles. The van der Waals surface area contributed by atoms with Crippen LogP contribution in [0.4, 0.5) is 0 Å². The lowest BCUT2D eigenvalue weighted by Gasteiger charge is -2.57. The van der Waals surface area contributed by atoms with Crippen LogP contribution >= 0.6 is 11.6 Å². The Morgan fingerprint density at radius 2 is 1.39 bits per heavy atom. The molecular weight excluding hydrogens is 640 g/mol. The van der Waals surface area contributed by atoms with Gasteiger partial charge in [-0.3, -0.25) is 0 Å². The van der Waals surface area contributed by atoms with E-state index in [0.29, 0.717) is 56.6 Å². The largest absolute Gasteiger partial charge is 0.485 e. The van der Waals surface area contributed by atoms with Crippen LogP contribution in [0.1, 0.15) is 122 Å². The van der Waals surface area contributed by atoms with E-state index in [-0.39, 0.29) is 6.61 Å². The Labute approximate surface area is 301 Å². The molecule has 1 unspecified atom stereocenters. The molecule has 2 aromatic rings. The predicted octanol–water partition coefficient (Wildman–Crippen LogP) is 8.99. The smallest absolute Gasteiger partial charge is 0.132 e. The van der Waals surface area contributed by atoms with Crippen molar-refractivity contribution < 1.29 is 33.5 Å². The highest BCUT2D eigenvalue weighted by Gasteiger charge is 2.62. The van der Waals surface area contributed by atoms with E-state index in [1.165, 1.54) is 11.1 Å². The first-order valence-corrected chi connectivity index (χ1v) is 19.5. The maximum Gasteiger partial charge on any atom is 0.132 e. The second kappa shape index (κ2) is 19.8. The quantitative estimate of drug-likeness (QED) is 0.130. The molecule has 276 valence electrons. The van der Waals surface area contributed by atoms with Gasteiger partial charge in [0.05, 0.1) is 13.2 Å². The number of hydrogen-bond acceptors (Lipinski definition) is 7. The number of aryl methyl sites for hydroxylation is 1. The molecule has 0 saturated carbocycles. The Morgan fingerprint density at radius 3 is 2.00 bits per heavy atom. The molecule has 1 N–H and O–H groups in total. The average molecular weight is 703 g/mol. The molecular formula is C41H63ClO7. The van der Waals surface area contributed by atoms with Crippen molar-refractivity contribution in [3.8, 4) is 5.75 Å². The van der Waals surface area contributed by atoms with Crippen LogP contribution in [0.25, 0.3) is 0 Å². The van der Waals surface area contributed by atoms with Crippen molar-refractivity contribution in [3.05, 3.63) is 63.7 Å². The summed E-state index contributed by atoms with van der Waals surface area (Å²) in [5.41, 5.74) is 2.37. The van der Waals surface area contributed by atoms with Crippen LogP contribution in [0.5, 0.6) is 5.75 Å². The Hall–Kier alpha value is -1.71. The van der Waals surface area contributed by atoms with Crippen molar-refractivity contribution in [1.29, 1.82) is 0 Å². The molecule has 7 nitrogen and oxygen atoms in total. The van der Waals surface area contributed by atoms with E-state index in [1.807, 2.05) is 13.0 Å². The molecule has 0 amide bonds. The SMILES string of the molecule is CCCCOC[C@H]1O[C@]2(CC(C)(CO)Oc3cc(Cl)c(Cc4ccc(CC)cc4)cc32)[C@H](OCCCC)[C@@H](OCCCC)[C@@H]1OCCCC. The molecule has 1 fully saturated rings. The first kappa shape index (κ1) is 40.1. The van der Waals surface area contributed by atoms with Gasteiger partial charge in [-0.05, 0) is 74.3 Å². The summed E-state index contributed by atoms with van der Waals surface area (Å²) in [6.45, 7) is 15.3. The van der Waals surface area contributed by atoms with Crippen molar-refractivity contribution in [2.45, 2.75) is 148 Å². The van der Waals surface area contributed by atoms with Gasteiger partial charge < -0.3 is 33.5 Å². The van der Waals surface area contributed by atoms with Gasteiger partial charge in [-0.15, -0.1) is 0 Å². The Morgan fingerprint density at radius 1 is 0.796 bits per heavy atom. The first-order chi connectivity index (χ1) is 23.8. The lowest BCUT2D eigenvalue weighted by molar-refractivity contribution is -0.321. The number of aliphatic hydroxyl groups is 1. The summed E-state index contributed by atoms with van der Waals surface area (Å²) in [7, 11) is 0. The van der Waals surface area contributed by atoms with Gasteiger partial charge in [0.2, 0.25) is 0 Å².